The molecule has 1 aromatic carbocycles. The first-order valence-electron chi connectivity index (χ1n) is 5.60. The summed E-state index contributed by atoms with van der Waals surface area (Å²) < 4.78 is 0. The number of anilines is 1. The van der Waals surface area contributed by atoms with Crippen molar-refractivity contribution in [2.24, 2.45) is 0 Å². The van der Waals surface area contributed by atoms with Crippen molar-refractivity contribution in [2.75, 3.05) is 12.3 Å². The Labute approximate surface area is 106 Å². The van der Waals surface area contributed by atoms with E-state index in [0.717, 1.165) is 12.8 Å². The van der Waals surface area contributed by atoms with Gasteiger partial charge < -0.3 is 10.6 Å². The molecular weight excluding hydrogens is 236 g/mol. The van der Waals surface area contributed by atoms with Crippen molar-refractivity contribution in [2.45, 2.75) is 18.9 Å². The maximum atomic E-state index is 12.3. The fraction of sp³-hybridized carbons (Fsp3) is 0.308. The summed E-state index contributed by atoms with van der Waals surface area (Å²) in [5, 5.41) is 0.407. The molecule has 0 radical (unpaired) electrons. The molecule has 1 aliphatic carbocycles. The normalized spacial score (nSPS) is 14.4. The van der Waals surface area contributed by atoms with Crippen LogP contribution in [0.1, 0.15) is 23.2 Å². The van der Waals surface area contributed by atoms with Crippen molar-refractivity contribution >= 4 is 23.2 Å². The average Bonchev–Trinajstić information content (AvgIpc) is 3.09. The molecule has 1 aromatic rings. The largest absolute Gasteiger partial charge is 0.399 e. The lowest BCUT2D eigenvalue weighted by Crippen LogP contribution is -2.33. The molecule has 1 fully saturated rings. The number of amides is 1. The molecule has 0 atom stereocenters. The summed E-state index contributed by atoms with van der Waals surface area (Å²) >= 11 is 6.04. The molecule has 3 nitrogen and oxygen atoms in total. The van der Waals surface area contributed by atoms with Gasteiger partial charge in [-0.25, -0.2) is 0 Å². The van der Waals surface area contributed by atoms with Crippen LogP contribution < -0.4 is 5.73 Å². The molecule has 0 spiro atoms. The van der Waals surface area contributed by atoms with E-state index in [1.807, 2.05) is 4.90 Å². The molecule has 2 N–H and O–H groups in total. The third-order valence-corrected chi connectivity index (χ3v) is 3.11. The highest BCUT2D eigenvalue weighted by Crippen LogP contribution is 2.30. The number of hydrogen-bond donors (Lipinski definition) is 1. The van der Waals surface area contributed by atoms with Crippen LogP contribution in [0, 0.1) is 0 Å². The maximum absolute atomic E-state index is 12.3. The Bertz CT molecular complexity index is 455. The Morgan fingerprint density at radius 1 is 1.59 bits per heavy atom. The van der Waals surface area contributed by atoms with Crippen LogP contribution in [0.5, 0.6) is 0 Å². The van der Waals surface area contributed by atoms with Gasteiger partial charge in [0.1, 0.15) is 0 Å². The predicted molar refractivity (Wildman–Crippen MR) is 70.1 cm³/mol. The van der Waals surface area contributed by atoms with Crippen molar-refractivity contribution in [3.8, 4) is 0 Å². The molecule has 1 aliphatic rings. The molecule has 0 saturated heterocycles. The van der Waals surface area contributed by atoms with Crippen LogP contribution in [0.4, 0.5) is 5.69 Å². The Balaban J connectivity index is 2.24. The molecule has 90 valence electrons. The number of nitrogens with two attached hydrogens (primary N) is 1. The van der Waals surface area contributed by atoms with E-state index in [-0.39, 0.29) is 5.91 Å². The van der Waals surface area contributed by atoms with E-state index >= 15 is 0 Å². The minimum absolute atomic E-state index is 0.0441. The van der Waals surface area contributed by atoms with Gasteiger partial charge >= 0.3 is 0 Å². The van der Waals surface area contributed by atoms with Gasteiger partial charge in [-0.3, -0.25) is 4.79 Å². The summed E-state index contributed by atoms with van der Waals surface area (Å²) in [6.07, 6.45) is 3.86. The summed E-state index contributed by atoms with van der Waals surface area (Å²) in [5.74, 6) is -0.0441. The second-order valence-electron chi connectivity index (χ2n) is 4.22. The van der Waals surface area contributed by atoms with E-state index in [2.05, 4.69) is 6.58 Å². The Kier molecular flexibility index (Phi) is 3.38. The van der Waals surface area contributed by atoms with Crippen LogP contribution in [0.2, 0.25) is 5.02 Å². The number of rotatable bonds is 4. The molecule has 4 heteroatoms. The Hall–Kier alpha value is -1.48. The number of hydrogen-bond acceptors (Lipinski definition) is 2. The first-order valence-corrected chi connectivity index (χ1v) is 5.98. The van der Waals surface area contributed by atoms with Gasteiger partial charge in [-0.05, 0) is 31.0 Å². The molecule has 0 aliphatic heterocycles. The standard InChI is InChI=1S/C13H15ClN2O/c1-2-7-16(10-4-5-10)13(17)11-6-3-9(15)8-12(11)14/h2-3,6,8,10H,1,4-5,7,15H2. The van der Waals surface area contributed by atoms with E-state index in [0.29, 0.717) is 28.9 Å². The number of nitrogen functional groups attached to an aromatic ring is 1. The second-order valence-corrected chi connectivity index (χ2v) is 4.62. The number of halogens is 1. The number of carbonyl (C=O) groups excluding carboxylic acids is 1. The minimum atomic E-state index is -0.0441. The highest BCUT2D eigenvalue weighted by Gasteiger charge is 2.32. The topological polar surface area (TPSA) is 46.3 Å². The SMILES string of the molecule is C=CCN(C(=O)c1ccc(N)cc1Cl)C1CC1. The molecule has 1 amide bonds. The quantitative estimate of drug-likeness (QED) is 0.660. The average molecular weight is 251 g/mol. The van der Waals surface area contributed by atoms with E-state index in [9.17, 15) is 4.79 Å². The zero-order valence-electron chi connectivity index (χ0n) is 9.53. The van der Waals surface area contributed by atoms with E-state index in [4.69, 9.17) is 17.3 Å². The third kappa shape index (κ3) is 2.61. The zero-order chi connectivity index (χ0) is 12.4. The highest BCUT2D eigenvalue weighted by atomic mass is 35.5. The summed E-state index contributed by atoms with van der Waals surface area (Å²) in [7, 11) is 0. The number of carbonyl (C=O) groups is 1. The van der Waals surface area contributed by atoms with Gasteiger partial charge in [-0.1, -0.05) is 17.7 Å². The molecule has 17 heavy (non-hydrogen) atoms. The lowest BCUT2D eigenvalue weighted by molar-refractivity contribution is 0.0763. The molecule has 0 unspecified atom stereocenters. The van der Waals surface area contributed by atoms with Gasteiger partial charge in [0.05, 0.1) is 10.6 Å². The summed E-state index contributed by atoms with van der Waals surface area (Å²) in [4.78, 5) is 14.1. The van der Waals surface area contributed by atoms with Crippen LogP contribution in [0.15, 0.2) is 30.9 Å². The van der Waals surface area contributed by atoms with Gasteiger partial charge in [0.15, 0.2) is 0 Å². The van der Waals surface area contributed by atoms with Crippen LogP contribution in [-0.4, -0.2) is 23.4 Å². The van der Waals surface area contributed by atoms with Crippen LogP contribution >= 0.6 is 11.6 Å². The summed E-state index contributed by atoms with van der Waals surface area (Å²) in [5.41, 5.74) is 6.68. The molecular formula is C13H15ClN2O. The molecule has 0 bridgehead atoms. The maximum Gasteiger partial charge on any atom is 0.255 e. The van der Waals surface area contributed by atoms with Gasteiger partial charge in [-0.2, -0.15) is 0 Å². The fourth-order valence-corrected chi connectivity index (χ4v) is 2.05. The zero-order valence-corrected chi connectivity index (χ0v) is 10.3. The first-order chi connectivity index (χ1) is 8.13. The van der Waals surface area contributed by atoms with Crippen molar-refractivity contribution in [3.63, 3.8) is 0 Å². The van der Waals surface area contributed by atoms with Crippen molar-refractivity contribution in [3.05, 3.63) is 41.4 Å². The van der Waals surface area contributed by atoms with Gasteiger partial charge in [0.2, 0.25) is 0 Å². The lowest BCUT2D eigenvalue weighted by Gasteiger charge is -2.21. The van der Waals surface area contributed by atoms with Crippen LogP contribution in [0.3, 0.4) is 0 Å². The van der Waals surface area contributed by atoms with Crippen molar-refractivity contribution < 1.29 is 4.79 Å². The Morgan fingerprint density at radius 2 is 2.29 bits per heavy atom. The summed E-state index contributed by atoms with van der Waals surface area (Å²) in [6.45, 7) is 4.24. The molecule has 1 saturated carbocycles. The van der Waals surface area contributed by atoms with E-state index in [1.54, 1.807) is 24.3 Å². The second kappa shape index (κ2) is 4.80. The van der Waals surface area contributed by atoms with E-state index in [1.165, 1.54) is 0 Å². The van der Waals surface area contributed by atoms with Crippen molar-refractivity contribution in [1.82, 2.24) is 4.90 Å². The highest BCUT2D eigenvalue weighted by molar-refractivity contribution is 6.34. The number of nitrogens with zero attached hydrogens (tertiary/aromatic N) is 1. The monoisotopic (exact) mass is 250 g/mol. The predicted octanol–water partition coefficient (Wildman–Crippen LogP) is 2.71. The number of benzene rings is 1. The lowest BCUT2D eigenvalue weighted by atomic mass is 10.1. The van der Waals surface area contributed by atoms with Crippen LogP contribution in [-0.2, 0) is 0 Å². The molecule has 0 aromatic heterocycles. The fourth-order valence-electron chi connectivity index (χ4n) is 1.78. The van der Waals surface area contributed by atoms with Crippen molar-refractivity contribution in [1.29, 1.82) is 0 Å². The smallest absolute Gasteiger partial charge is 0.255 e. The van der Waals surface area contributed by atoms with Crippen LogP contribution in [0.25, 0.3) is 0 Å². The third-order valence-electron chi connectivity index (χ3n) is 2.80. The minimum Gasteiger partial charge on any atom is -0.399 e. The summed E-state index contributed by atoms with van der Waals surface area (Å²) in [6, 6.07) is 5.32. The Morgan fingerprint density at radius 3 is 2.82 bits per heavy atom. The van der Waals surface area contributed by atoms with Gasteiger partial charge in [0.25, 0.3) is 5.91 Å². The van der Waals surface area contributed by atoms with E-state index < -0.39 is 0 Å². The van der Waals surface area contributed by atoms with Gasteiger partial charge in [-0.15, -0.1) is 6.58 Å². The molecule has 0 heterocycles. The first kappa shape index (κ1) is 12.0. The van der Waals surface area contributed by atoms with Gasteiger partial charge in [0, 0.05) is 18.3 Å². The molecule has 2 rings (SSSR count).